The number of rotatable bonds is 7. The molecule has 2 aromatic heterocycles. The van der Waals surface area contributed by atoms with Crippen LogP contribution in [0.1, 0.15) is 5.56 Å². The zero-order valence-electron chi connectivity index (χ0n) is 24.0. The quantitative estimate of drug-likeness (QED) is 0.0759. The van der Waals surface area contributed by atoms with Crippen LogP contribution in [0, 0.1) is 29.1 Å². The van der Waals surface area contributed by atoms with Crippen molar-refractivity contribution in [3.63, 3.8) is 0 Å². The Morgan fingerprint density at radius 3 is 1.83 bits per heavy atom. The molecule has 0 amide bonds. The van der Waals surface area contributed by atoms with E-state index in [1.165, 1.54) is 0 Å². The first-order chi connectivity index (χ1) is 22.4. The first-order valence-electron chi connectivity index (χ1n) is 14.3. The predicted molar refractivity (Wildman–Crippen MR) is 173 cm³/mol. The Labute approximate surface area is 262 Å². The maximum absolute atomic E-state index is 15.3. The molecular weight excluding hydrogens is 612 g/mol. The highest BCUT2D eigenvalue weighted by Crippen LogP contribution is 2.40. The van der Waals surface area contributed by atoms with E-state index >= 15 is 8.78 Å². The maximum atomic E-state index is 15.3. The van der Waals surface area contributed by atoms with Crippen LogP contribution in [0.25, 0.3) is 44.8 Å². The minimum atomic E-state index is -2.20. The van der Waals surface area contributed by atoms with Gasteiger partial charge in [-0.2, -0.15) is 0 Å². The van der Waals surface area contributed by atoms with Crippen LogP contribution in [0.5, 0.6) is 0 Å². The van der Waals surface area contributed by atoms with Crippen LogP contribution in [0.15, 0.2) is 121 Å². The van der Waals surface area contributed by atoms with E-state index in [2.05, 4.69) is 4.98 Å². The molecule has 0 fully saturated rings. The zero-order chi connectivity index (χ0) is 31.8. The molecule has 1 unspecified atom stereocenters. The van der Waals surface area contributed by atoms with Gasteiger partial charge < -0.3 is 4.57 Å². The van der Waals surface area contributed by atoms with E-state index in [4.69, 9.17) is 4.98 Å². The van der Waals surface area contributed by atoms with Gasteiger partial charge in [0, 0.05) is 33.8 Å². The number of imidazole rings is 1. The lowest BCUT2D eigenvalue weighted by atomic mass is 10.0. The summed E-state index contributed by atoms with van der Waals surface area (Å²) in [6.45, 7) is -0.685. The van der Waals surface area contributed by atoms with E-state index in [1.807, 2.05) is 109 Å². The SMILES string of the molecule is Fc1c(F)c(F)c(Cn2c(-c3c(Pc4ccccc4)ccc4ncccc34)nc(-c3ccccc3)c2-c2ccccc2)c(F)c1F. The number of hydrogen-bond acceptors (Lipinski definition) is 2. The molecule has 0 aliphatic rings. The van der Waals surface area contributed by atoms with Gasteiger partial charge in [-0.1, -0.05) is 112 Å². The van der Waals surface area contributed by atoms with Gasteiger partial charge in [0.15, 0.2) is 23.3 Å². The van der Waals surface area contributed by atoms with Crippen molar-refractivity contribution in [3.8, 4) is 33.9 Å². The molecule has 9 heteroatoms. The fourth-order valence-corrected chi connectivity index (χ4v) is 6.81. The van der Waals surface area contributed by atoms with Crippen LogP contribution in [-0.2, 0) is 6.54 Å². The third kappa shape index (κ3) is 5.25. The minimum absolute atomic E-state index is 0.159. The Morgan fingerprint density at radius 1 is 0.587 bits per heavy atom. The highest BCUT2D eigenvalue weighted by Gasteiger charge is 2.30. The van der Waals surface area contributed by atoms with Crippen molar-refractivity contribution in [2.24, 2.45) is 0 Å². The minimum Gasteiger partial charge on any atom is -0.319 e. The molecule has 46 heavy (non-hydrogen) atoms. The van der Waals surface area contributed by atoms with E-state index in [9.17, 15) is 13.2 Å². The Hall–Kier alpha value is -5.20. The summed E-state index contributed by atoms with van der Waals surface area (Å²) in [5.41, 5.74) is 2.65. The summed E-state index contributed by atoms with van der Waals surface area (Å²) in [5, 5.41) is 2.64. The average Bonchev–Trinajstić information content (AvgIpc) is 3.48. The standard InChI is InChI=1S/C37H23F5N3P/c38-30-26(31(39)33(41)34(42)32(30)40)21-45-36(23-13-6-2-7-14-23)35(22-11-4-1-5-12-22)44-37(45)29-25-17-10-20-43-27(25)18-19-28(29)46-24-15-8-3-9-16-24/h1-20,46H,21H2. The van der Waals surface area contributed by atoms with Gasteiger partial charge in [0.2, 0.25) is 5.82 Å². The largest absolute Gasteiger partial charge is 0.319 e. The number of fused-ring (bicyclic) bond motifs is 1. The van der Waals surface area contributed by atoms with Crippen molar-refractivity contribution in [2.75, 3.05) is 0 Å². The number of halogens is 5. The molecule has 7 aromatic rings. The van der Waals surface area contributed by atoms with E-state index in [0.717, 1.165) is 16.0 Å². The van der Waals surface area contributed by atoms with E-state index in [1.54, 1.807) is 16.8 Å². The van der Waals surface area contributed by atoms with Crippen molar-refractivity contribution in [1.29, 1.82) is 0 Å². The zero-order valence-corrected chi connectivity index (χ0v) is 25.0. The first-order valence-corrected chi connectivity index (χ1v) is 15.3. The molecule has 0 saturated carbocycles. The molecule has 5 aromatic carbocycles. The molecule has 3 nitrogen and oxygen atoms in total. The summed E-state index contributed by atoms with van der Waals surface area (Å²) >= 11 is 0. The Kier molecular flexibility index (Phi) is 7.89. The van der Waals surface area contributed by atoms with Crippen LogP contribution >= 0.6 is 8.58 Å². The Bertz CT molecular complexity index is 2180. The molecule has 0 aliphatic carbocycles. The molecular formula is C37H23F5N3P. The van der Waals surface area contributed by atoms with Crippen LogP contribution in [0.4, 0.5) is 22.0 Å². The Morgan fingerprint density at radius 2 is 1.17 bits per heavy atom. The summed E-state index contributed by atoms with van der Waals surface area (Å²) in [6.07, 6.45) is 1.66. The van der Waals surface area contributed by atoms with Gasteiger partial charge in [0.1, 0.15) is 5.82 Å². The summed E-state index contributed by atoms with van der Waals surface area (Å²) in [5.74, 6) is -9.67. The molecule has 0 spiro atoms. The molecule has 0 bridgehead atoms. The molecule has 0 aliphatic heterocycles. The van der Waals surface area contributed by atoms with Crippen molar-refractivity contribution >= 4 is 30.1 Å². The normalized spacial score (nSPS) is 11.6. The monoisotopic (exact) mass is 635 g/mol. The van der Waals surface area contributed by atoms with Crippen molar-refractivity contribution in [3.05, 3.63) is 156 Å². The maximum Gasteiger partial charge on any atom is 0.200 e. The lowest BCUT2D eigenvalue weighted by Crippen LogP contribution is -2.15. The van der Waals surface area contributed by atoms with E-state index in [0.29, 0.717) is 39.4 Å². The highest BCUT2D eigenvalue weighted by molar-refractivity contribution is 7.55. The number of benzene rings is 5. The van der Waals surface area contributed by atoms with Gasteiger partial charge >= 0.3 is 0 Å². The van der Waals surface area contributed by atoms with Gasteiger partial charge in [0.25, 0.3) is 0 Å². The molecule has 0 radical (unpaired) electrons. The summed E-state index contributed by atoms with van der Waals surface area (Å²) in [4.78, 5) is 9.67. The third-order valence-electron chi connectivity index (χ3n) is 7.74. The van der Waals surface area contributed by atoms with Crippen molar-refractivity contribution in [1.82, 2.24) is 14.5 Å². The topological polar surface area (TPSA) is 30.7 Å². The second-order valence-corrected chi connectivity index (χ2v) is 11.9. The molecule has 1 atom stereocenters. The van der Waals surface area contributed by atoms with Crippen molar-refractivity contribution < 1.29 is 22.0 Å². The Balaban J connectivity index is 1.60. The second kappa shape index (κ2) is 12.3. The second-order valence-electron chi connectivity index (χ2n) is 10.5. The lowest BCUT2D eigenvalue weighted by Gasteiger charge is -2.18. The van der Waals surface area contributed by atoms with Crippen LogP contribution < -0.4 is 10.6 Å². The fraction of sp³-hybridized carbons (Fsp3) is 0.0270. The summed E-state index contributed by atoms with van der Waals surface area (Å²) in [6, 6.07) is 35.7. The predicted octanol–water partition coefficient (Wildman–Crippen LogP) is 8.81. The van der Waals surface area contributed by atoms with Crippen LogP contribution in [0.3, 0.4) is 0 Å². The third-order valence-corrected chi connectivity index (χ3v) is 9.05. The molecule has 0 N–H and O–H groups in total. The number of hydrogen-bond donors (Lipinski definition) is 0. The van der Waals surface area contributed by atoms with Gasteiger partial charge in [-0.3, -0.25) is 4.98 Å². The number of aromatic nitrogens is 3. The van der Waals surface area contributed by atoms with Crippen LogP contribution in [-0.4, -0.2) is 14.5 Å². The molecule has 7 rings (SSSR count). The molecule has 226 valence electrons. The highest BCUT2D eigenvalue weighted by atomic mass is 31.1. The molecule has 2 heterocycles. The van der Waals surface area contributed by atoms with Gasteiger partial charge in [-0.15, -0.1) is 0 Å². The number of pyridine rings is 1. The lowest BCUT2D eigenvalue weighted by molar-refractivity contribution is 0.368. The van der Waals surface area contributed by atoms with Crippen molar-refractivity contribution in [2.45, 2.75) is 6.54 Å². The summed E-state index contributed by atoms with van der Waals surface area (Å²) < 4.78 is 75.5. The van der Waals surface area contributed by atoms with Gasteiger partial charge in [-0.25, -0.2) is 26.9 Å². The molecule has 0 saturated heterocycles. The average molecular weight is 636 g/mol. The first kappa shape index (κ1) is 29.5. The number of nitrogens with zero attached hydrogens (tertiary/aromatic N) is 3. The van der Waals surface area contributed by atoms with E-state index in [-0.39, 0.29) is 8.58 Å². The van der Waals surface area contributed by atoms with Crippen LogP contribution in [0.2, 0.25) is 0 Å². The van der Waals surface area contributed by atoms with Gasteiger partial charge in [0.05, 0.1) is 23.4 Å². The smallest absolute Gasteiger partial charge is 0.200 e. The summed E-state index contributed by atoms with van der Waals surface area (Å²) in [7, 11) is 0.159. The van der Waals surface area contributed by atoms with E-state index < -0.39 is 41.2 Å². The van der Waals surface area contributed by atoms with Gasteiger partial charge in [-0.05, 0) is 22.7 Å². The fourth-order valence-electron chi connectivity index (χ4n) is 5.61.